The van der Waals surface area contributed by atoms with Crippen LogP contribution >= 0.6 is 22.9 Å². The van der Waals surface area contributed by atoms with Gasteiger partial charge in [0.1, 0.15) is 23.2 Å². The number of rotatable bonds is 5. The smallest absolute Gasteiger partial charge is 0.325 e. The Labute approximate surface area is 166 Å². The molecule has 0 bridgehead atoms. The van der Waals surface area contributed by atoms with Gasteiger partial charge >= 0.3 is 5.97 Å². The maximum atomic E-state index is 11.9. The second-order valence-corrected chi connectivity index (χ2v) is 6.84. The van der Waals surface area contributed by atoms with Crippen molar-refractivity contribution in [3.05, 3.63) is 69.8 Å². The number of halogens is 1. The van der Waals surface area contributed by atoms with E-state index in [0.29, 0.717) is 27.9 Å². The molecular formula is C20H16ClN3O2S. The van der Waals surface area contributed by atoms with Crippen molar-refractivity contribution >= 4 is 34.5 Å². The van der Waals surface area contributed by atoms with E-state index in [9.17, 15) is 10.1 Å². The Balaban J connectivity index is 1.94. The lowest BCUT2D eigenvalue weighted by molar-refractivity contribution is -0.143. The van der Waals surface area contributed by atoms with Gasteiger partial charge in [0.05, 0.1) is 18.0 Å². The Morgan fingerprint density at radius 1 is 1.33 bits per heavy atom. The summed E-state index contributed by atoms with van der Waals surface area (Å²) in [5.41, 5.74) is 2.72. The summed E-state index contributed by atoms with van der Waals surface area (Å²) in [7, 11) is 0. The van der Waals surface area contributed by atoms with Gasteiger partial charge < -0.3 is 9.64 Å². The molecule has 0 radical (unpaired) electrons. The zero-order chi connectivity index (χ0) is 19.2. The highest BCUT2D eigenvalue weighted by molar-refractivity contribution is 7.11. The summed E-state index contributed by atoms with van der Waals surface area (Å²) in [6, 6.07) is 9.60. The van der Waals surface area contributed by atoms with Crippen LogP contribution < -0.4 is 0 Å². The molecule has 0 unspecified atom stereocenters. The van der Waals surface area contributed by atoms with E-state index in [2.05, 4.69) is 11.1 Å². The van der Waals surface area contributed by atoms with Gasteiger partial charge in [0.2, 0.25) is 0 Å². The highest BCUT2D eigenvalue weighted by Crippen LogP contribution is 2.30. The Morgan fingerprint density at radius 3 is 2.81 bits per heavy atom. The Hall–Kier alpha value is -2.88. The Morgan fingerprint density at radius 2 is 2.11 bits per heavy atom. The quantitative estimate of drug-likeness (QED) is 0.542. The van der Waals surface area contributed by atoms with Gasteiger partial charge in [-0.25, -0.2) is 4.98 Å². The first-order valence-corrected chi connectivity index (χ1v) is 9.51. The van der Waals surface area contributed by atoms with E-state index in [4.69, 9.17) is 16.3 Å². The molecule has 2 heterocycles. The molecule has 7 heteroatoms. The minimum Gasteiger partial charge on any atom is -0.465 e. The average molecular weight is 398 g/mol. The largest absolute Gasteiger partial charge is 0.465 e. The lowest BCUT2D eigenvalue weighted by atomic mass is 10.1. The van der Waals surface area contributed by atoms with E-state index in [0.717, 1.165) is 11.3 Å². The lowest BCUT2D eigenvalue weighted by Crippen LogP contribution is -2.27. The van der Waals surface area contributed by atoms with Crippen molar-refractivity contribution in [2.45, 2.75) is 6.92 Å². The van der Waals surface area contributed by atoms with Gasteiger partial charge in [0.25, 0.3) is 0 Å². The highest BCUT2D eigenvalue weighted by atomic mass is 35.5. The number of allylic oxidation sites excluding steroid dienone is 4. The number of benzene rings is 1. The van der Waals surface area contributed by atoms with Crippen molar-refractivity contribution in [2.24, 2.45) is 0 Å². The molecule has 0 N–H and O–H groups in total. The third-order valence-electron chi connectivity index (χ3n) is 3.77. The second kappa shape index (κ2) is 8.67. The highest BCUT2D eigenvalue weighted by Gasteiger charge is 2.20. The lowest BCUT2D eigenvalue weighted by Gasteiger charge is -2.23. The molecule has 0 saturated heterocycles. The fourth-order valence-corrected chi connectivity index (χ4v) is 3.50. The van der Waals surface area contributed by atoms with Crippen LogP contribution in [-0.4, -0.2) is 29.0 Å². The van der Waals surface area contributed by atoms with E-state index in [1.54, 1.807) is 42.3 Å². The number of aromatic nitrogens is 1. The number of carbonyl (C=O) groups excluding carboxylic acids is 1. The molecule has 0 atom stereocenters. The van der Waals surface area contributed by atoms with Crippen LogP contribution in [0.1, 0.15) is 11.9 Å². The molecule has 1 aliphatic rings. The third-order valence-corrected chi connectivity index (χ3v) is 4.88. The number of nitriles is 1. The summed E-state index contributed by atoms with van der Waals surface area (Å²) in [6.45, 7) is 2.10. The molecule has 0 saturated carbocycles. The summed E-state index contributed by atoms with van der Waals surface area (Å²) in [4.78, 5) is 18.2. The van der Waals surface area contributed by atoms with Gasteiger partial charge in [-0.3, -0.25) is 4.79 Å². The molecular weight excluding hydrogens is 382 g/mol. The van der Waals surface area contributed by atoms with Crippen LogP contribution in [0.5, 0.6) is 0 Å². The second-order valence-electron chi connectivity index (χ2n) is 5.55. The van der Waals surface area contributed by atoms with Gasteiger partial charge in [0.15, 0.2) is 0 Å². The van der Waals surface area contributed by atoms with Gasteiger partial charge in [-0.1, -0.05) is 29.8 Å². The van der Waals surface area contributed by atoms with Crippen molar-refractivity contribution in [3.8, 4) is 17.3 Å². The average Bonchev–Trinajstić information content (AvgIpc) is 3.14. The van der Waals surface area contributed by atoms with E-state index < -0.39 is 0 Å². The monoisotopic (exact) mass is 397 g/mol. The van der Waals surface area contributed by atoms with Crippen LogP contribution in [0.15, 0.2) is 59.8 Å². The van der Waals surface area contributed by atoms with E-state index in [-0.39, 0.29) is 12.5 Å². The molecule has 3 rings (SSSR count). The fourth-order valence-electron chi connectivity index (χ4n) is 2.54. The number of nitrogens with zero attached hydrogens (tertiary/aromatic N) is 3. The first kappa shape index (κ1) is 18.9. The van der Waals surface area contributed by atoms with Gasteiger partial charge in [-0.2, -0.15) is 5.26 Å². The van der Waals surface area contributed by atoms with Crippen LogP contribution in [0.25, 0.3) is 16.8 Å². The van der Waals surface area contributed by atoms with Crippen LogP contribution in [0.4, 0.5) is 0 Å². The molecule has 136 valence electrons. The van der Waals surface area contributed by atoms with Crippen LogP contribution in [0, 0.1) is 11.3 Å². The van der Waals surface area contributed by atoms with Gasteiger partial charge in [-0.05, 0) is 31.2 Å². The van der Waals surface area contributed by atoms with Crippen molar-refractivity contribution in [1.82, 2.24) is 9.88 Å². The fraction of sp³-hybridized carbons (Fsp3) is 0.150. The molecule has 0 amide bonds. The first-order chi connectivity index (χ1) is 13.1. The molecule has 1 aromatic heterocycles. The normalized spacial score (nSPS) is 14.8. The number of carbonyl (C=O) groups is 1. The summed E-state index contributed by atoms with van der Waals surface area (Å²) >= 11 is 7.31. The number of hydrogen-bond donors (Lipinski definition) is 0. The Bertz CT molecular complexity index is 968. The van der Waals surface area contributed by atoms with Crippen LogP contribution in [0.3, 0.4) is 0 Å². The molecule has 27 heavy (non-hydrogen) atoms. The predicted octanol–water partition coefficient (Wildman–Crippen LogP) is 4.65. The predicted molar refractivity (Wildman–Crippen MR) is 107 cm³/mol. The van der Waals surface area contributed by atoms with Gasteiger partial charge in [-0.15, -0.1) is 11.3 Å². The zero-order valence-corrected chi connectivity index (χ0v) is 16.1. The first-order valence-electron chi connectivity index (χ1n) is 8.25. The molecule has 5 nitrogen and oxygen atoms in total. The van der Waals surface area contributed by atoms with Crippen molar-refractivity contribution in [1.29, 1.82) is 5.26 Å². The molecule has 0 aliphatic carbocycles. The van der Waals surface area contributed by atoms with Crippen LogP contribution in [0.2, 0.25) is 5.02 Å². The van der Waals surface area contributed by atoms with E-state index >= 15 is 0 Å². The third kappa shape index (κ3) is 4.45. The molecule has 1 aromatic carbocycles. The molecule has 0 fully saturated rings. The maximum absolute atomic E-state index is 11.9. The number of hydrogen-bond acceptors (Lipinski definition) is 6. The maximum Gasteiger partial charge on any atom is 0.325 e. The van der Waals surface area contributed by atoms with Crippen molar-refractivity contribution in [3.63, 3.8) is 0 Å². The summed E-state index contributed by atoms with van der Waals surface area (Å²) in [5, 5.41) is 12.9. The molecule has 1 aliphatic heterocycles. The SMILES string of the molecule is CCOC(=O)CN1C=CC=C/C1=C(/C#N)c1nc(-c2ccc(Cl)cc2)cs1. The minimum atomic E-state index is -0.353. The van der Waals surface area contributed by atoms with Gasteiger partial charge in [0, 0.05) is 22.2 Å². The number of esters is 1. The van der Waals surface area contributed by atoms with E-state index in [1.165, 1.54) is 11.3 Å². The van der Waals surface area contributed by atoms with E-state index in [1.807, 2.05) is 23.6 Å². The Kier molecular flexibility index (Phi) is 6.07. The van der Waals surface area contributed by atoms with Crippen molar-refractivity contribution < 1.29 is 9.53 Å². The minimum absolute atomic E-state index is 0.0324. The number of thiazole rings is 1. The summed E-state index contributed by atoms with van der Waals surface area (Å²) < 4.78 is 5.02. The summed E-state index contributed by atoms with van der Waals surface area (Å²) in [6.07, 6.45) is 7.17. The van der Waals surface area contributed by atoms with Crippen molar-refractivity contribution in [2.75, 3.05) is 13.2 Å². The van der Waals surface area contributed by atoms with Crippen LogP contribution in [-0.2, 0) is 9.53 Å². The zero-order valence-electron chi connectivity index (χ0n) is 14.6. The molecule has 0 spiro atoms. The number of ether oxygens (including phenoxy) is 1. The standard InChI is InChI=1S/C20H16ClN3O2S/c1-2-26-19(25)12-24-10-4-3-5-18(24)16(11-22)20-23-17(13-27-20)14-6-8-15(21)9-7-14/h3-10,13H,2,12H2,1H3/b18-16+. The topological polar surface area (TPSA) is 66.2 Å². The summed E-state index contributed by atoms with van der Waals surface area (Å²) in [5.74, 6) is -0.353. The molecule has 2 aromatic rings.